The standard InChI is InChI=1S/C16H12ClNOS2/c17-12-5-1-3-7-14(12)20-10-11(19)9-16-18-13-6-2-4-8-15(13)21-16/h1-8H,9-10H2. The number of halogens is 1. The molecular formula is C16H12ClNOS2. The molecule has 0 fully saturated rings. The molecule has 0 aliphatic rings. The number of nitrogens with zero attached hydrogens (tertiary/aromatic N) is 1. The highest BCUT2D eigenvalue weighted by atomic mass is 35.5. The Morgan fingerprint density at radius 1 is 1.14 bits per heavy atom. The Hall–Kier alpha value is -1.36. The van der Waals surface area contributed by atoms with Crippen molar-refractivity contribution >= 4 is 50.7 Å². The molecule has 1 heterocycles. The molecule has 106 valence electrons. The van der Waals surface area contributed by atoms with Crippen molar-refractivity contribution in [2.75, 3.05) is 5.75 Å². The summed E-state index contributed by atoms with van der Waals surface area (Å²) in [5.41, 5.74) is 0.962. The lowest BCUT2D eigenvalue weighted by Crippen LogP contribution is -2.05. The minimum absolute atomic E-state index is 0.166. The molecule has 5 heteroatoms. The minimum Gasteiger partial charge on any atom is -0.298 e. The molecule has 3 rings (SSSR count). The first-order valence-corrected chi connectivity index (χ1v) is 8.64. The highest BCUT2D eigenvalue weighted by molar-refractivity contribution is 8.00. The Kier molecular flexibility index (Phi) is 4.58. The lowest BCUT2D eigenvalue weighted by atomic mass is 10.3. The maximum Gasteiger partial charge on any atom is 0.149 e. The Bertz CT molecular complexity index is 752. The maximum atomic E-state index is 12.1. The molecule has 0 N–H and O–H groups in total. The number of carbonyl (C=O) groups is 1. The molecule has 0 spiro atoms. The van der Waals surface area contributed by atoms with E-state index in [-0.39, 0.29) is 5.78 Å². The van der Waals surface area contributed by atoms with Gasteiger partial charge in [0.1, 0.15) is 10.8 Å². The van der Waals surface area contributed by atoms with Crippen LogP contribution in [0.2, 0.25) is 5.02 Å². The van der Waals surface area contributed by atoms with Crippen LogP contribution in [-0.2, 0) is 11.2 Å². The summed E-state index contributed by atoms with van der Waals surface area (Å²) in [4.78, 5) is 17.5. The molecule has 0 saturated heterocycles. The van der Waals surface area contributed by atoms with Gasteiger partial charge >= 0.3 is 0 Å². The summed E-state index contributed by atoms with van der Waals surface area (Å²) in [5, 5.41) is 1.57. The summed E-state index contributed by atoms with van der Waals surface area (Å²) >= 11 is 9.14. The monoisotopic (exact) mass is 333 g/mol. The van der Waals surface area contributed by atoms with Gasteiger partial charge in [0.25, 0.3) is 0 Å². The number of thioether (sulfide) groups is 1. The second-order valence-electron chi connectivity index (χ2n) is 4.51. The molecule has 21 heavy (non-hydrogen) atoms. The lowest BCUT2D eigenvalue weighted by Gasteiger charge is -2.02. The van der Waals surface area contributed by atoms with Crippen LogP contribution < -0.4 is 0 Å². The lowest BCUT2D eigenvalue weighted by molar-refractivity contribution is -0.115. The molecule has 0 radical (unpaired) electrons. The number of carbonyl (C=O) groups excluding carboxylic acids is 1. The van der Waals surface area contributed by atoms with Gasteiger partial charge in [-0.05, 0) is 24.3 Å². The number of benzene rings is 2. The number of rotatable bonds is 5. The number of hydrogen-bond acceptors (Lipinski definition) is 4. The van der Waals surface area contributed by atoms with E-state index in [9.17, 15) is 4.79 Å². The Morgan fingerprint density at radius 3 is 2.71 bits per heavy atom. The van der Waals surface area contributed by atoms with Crippen molar-refractivity contribution in [3.8, 4) is 0 Å². The van der Waals surface area contributed by atoms with E-state index in [4.69, 9.17) is 11.6 Å². The SMILES string of the molecule is O=C(CSc1ccccc1Cl)Cc1nc2ccccc2s1. The van der Waals surface area contributed by atoms with Gasteiger partial charge in [0.15, 0.2) is 0 Å². The molecule has 0 amide bonds. The normalized spacial score (nSPS) is 10.9. The number of fused-ring (bicyclic) bond motifs is 1. The zero-order valence-electron chi connectivity index (χ0n) is 11.1. The van der Waals surface area contributed by atoms with Crippen molar-refractivity contribution in [2.45, 2.75) is 11.3 Å². The molecule has 2 aromatic carbocycles. The molecule has 0 aliphatic carbocycles. The van der Waals surface area contributed by atoms with Gasteiger partial charge < -0.3 is 0 Å². The van der Waals surface area contributed by atoms with Gasteiger partial charge in [0.2, 0.25) is 0 Å². The van der Waals surface area contributed by atoms with Crippen LogP contribution in [0.25, 0.3) is 10.2 Å². The fourth-order valence-electron chi connectivity index (χ4n) is 1.94. The van der Waals surface area contributed by atoms with Crippen molar-refractivity contribution in [3.05, 3.63) is 58.6 Å². The van der Waals surface area contributed by atoms with E-state index in [2.05, 4.69) is 4.98 Å². The Morgan fingerprint density at radius 2 is 1.90 bits per heavy atom. The van der Waals surface area contributed by atoms with Crippen LogP contribution in [-0.4, -0.2) is 16.5 Å². The van der Waals surface area contributed by atoms with E-state index in [0.29, 0.717) is 17.2 Å². The summed E-state index contributed by atoms with van der Waals surface area (Å²) in [5.74, 6) is 0.582. The van der Waals surface area contributed by atoms with Crippen LogP contribution in [0, 0.1) is 0 Å². The predicted molar refractivity (Wildman–Crippen MR) is 90.5 cm³/mol. The van der Waals surface area contributed by atoms with Crippen LogP contribution in [0.3, 0.4) is 0 Å². The van der Waals surface area contributed by atoms with Crippen molar-refractivity contribution < 1.29 is 4.79 Å². The number of para-hydroxylation sites is 1. The van der Waals surface area contributed by atoms with Crippen molar-refractivity contribution in [2.24, 2.45) is 0 Å². The first-order valence-electron chi connectivity index (χ1n) is 6.46. The molecule has 0 bridgehead atoms. The summed E-state index contributed by atoms with van der Waals surface area (Å²) < 4.78 is 1.12. The van der Waals surface area contributed by atoms with E-state index >= 15 is 0 Å². The highest BCUT2D eigenvalue weighted by Gasteiger charge is 2.10. The fraction of sp³-hybridized carbons (Fsp3) is 0.125. The number of Topliss-reactive ketones (excluding diaryl/α,β-unsaturated/α-hetero) is 1. The van der Waals surface area contributed by atoms with Gasteiger partial charge in [-0.15, -0.1) is 23.1 Å². The van der Waals surface area contributed by atoms with Crippen LogP contribution >= 0.6 is 34.7 Å². The summed E-state index contributed by atoms with van der Waals surface area (Å²) in [6.07, 6.45) is 0.386. The molecule has 3 aromatic rings. The summed E-state index contributed by atoms with van der Waals surface area (Å²) in [6.45, 7) is 0. The number of aromatic nitrogens is 1. The van der Waals surface area contributed by atoms with E-state index in [1.165, 1.54) is 11.8 Å². The van der Waals surface area contributed by atoms with Gasteiger partial charge in [-0.3, -0.25) is 4.79 Å². The summed E-state index contributed by atoms with van der Waals surface area (Å²) in [6, 6.07) is 15.5. The second-order valence-corrected chi connectivity index (χ2v) is 7.05. The predicted octanol–water partition coefficient (Wildman–Crippen LogP) is 4.85. The molecule has 1 aromatic heterocycles. The topological polar surface area (TPSA) is 30.0 Å². The zero-order chi connectivity index (χ0) is 14.7. The largest absolute Gasteiger partial charge is 0.298 e. The van der Waals surface area contributed by atoms with Crippen LogP contribution in [0.15, 0.2) is 53.4 Å². The Balaban J connectivity index is 1.62. The smallest absolute Gasteiger partial charge is 0.149 e. The fourth-order valence-corrected chi connectivity index (χ4v) is 4.03. The average molecular weight is 334 g/mol. The second kappa shape index (κ2) is 6.60. The maximum absolute atomic E-state index is 12.1. The quantitative estimate of drug-likeness (QED) is 0.625. The molecule has 0 aliphatic heterocycles. The molecule has 0 unspecified atom stereocenters. The van der Waals surface area contributed by atoms with Gasteiger partial charge in [-0.1, -0.05) is 35.9 Å². The van der Waals surface area contributed by atoms with Gasteiger partial charge in [-0.2, -0.15) is 0 Å². The van der Waals surface area contributed by atoms with Crippen LogP contribution in [0.4, 0.5) is 0 Å². The van der Waals surface area contributed by atoms with Crippen molar-refractivity contribution in [1.29, 1.82) is 0 Å². The molecule has 2 nitrogen and oxygen atoms in total. The van der Waals surface area contributed by atoms with Crippen LogP contribution in [0.1, 0.15) is 5.01 Å². The minimum atomic E-state index is 0.166. The number of hydrogen-bond donors (Lipinski definition) is 0. The highest BCUT2D eigenvalue weighted by Crippen LogP contribution is 2.27. The van der Waals surface area contributed by atoms with E-state index < -0.39 is 0 Å². The van der Waals surface area contributed by atoms with Gasteiger partial charge in [0, 0.05) is 4.90 Å². The van der Waals surface area contributed by atoms with E-state index in [1.807, 2.05) is 48.5 Å². The first-order chi connectivity index (χ1) is 10.2. The average Bonchev–Trinajstić information content (AvgIpc) is 2.88. The molecular weight excluding hydrogens is 322 g/mol. The van der Waals surface area contributed by atoms with Gasteiger partial charge in [0.05, 0.1) is 27.4 Å². The number of thiazole rings is 1. The third-order valence-electron chi connectivity index (χ3n) is 2.91. The van der Waals surface area contributed by atoms with E-state index in [0.717, 1.165) is 20.1 Å². The molecule has 0 atom stereocenters. The third-order valence-corrected chi connectivity index (χ3v) is 5.52. The number of ketones is 1. The van der Waals surface area contributed by atoms with Crippen molar-refractivity contribution in [3.63, 3.8) is 0 Å². The first kappa shape index (κ1) is 14.6. The van der Waals surface area contributed by atoms with Gasteiger partial charge in [-0.25, -0.2) is 4.98 Å². The summed E-state index contributed by atoms with van der Waals surface area (Å²) in [7, 11) is 0. The third kappa shape index (κ3) is 3.64. The van der Waals surface area contributed by atoms with E-state index in [1.54, 1.807) is 11.3 Å². The van der Waals surface area contributed by atoms with Crippen LogP contribution in [0.5, 0.6) is 0 Å². The molecule has 0 saturated carbocycles. The Labute approximate surface area is 136 Å². The van der Waals surface area contributed by atoms with Crippen molar-refractivity contribution in [1.82, 2.24) is 4.98 Å². The zero-order valence-corrected chi connectivity index (χ0v) is 13.5.